The van der Waals surface area contributed by atoms with Gasteiger partial charge in [-0.25, -0.2) is 8.42 Å². The zero-order valence-corrected chi connectivity index (χ0v) is 17.2. The first-order valence-electron chi connectivity index (χ1n) is 9.67. The van der Waals surface area contributed by atoms with Crippen LogP contribution >= 0.6 is 0 Å². The molecule has 1 N–H and O–H groups in total. The molecule has 2 aliphatic rings. The lowest BCUT2D eigenvalue weighted by molar-refractivity contribution is 0.102. The van der Waals surface area contributed by atoms with E-state index in [0.29, 0.717) is 19.8 Å². The van der Waals surface area contributed by atoms with Gasteiger partial charge in [0.15, 0.2) is 0 Å². The van der Waals surface area contributed by atoms with Crippen LogP contribution in [0.25, 0.3) is 5.76 Å². The number of sulfonamides is 1. The zero-order chi connectivity index (χ0) is 21.1. The summed E-state index contributed by atoms with van der Waals surface area (Å²) >= 11 is 0. The van der Waals surface area contributed by atoms with Gasteiger partial charge < -0.3 is 13.9 Å². The molecule has 4 rings (SSSR count). The van der Waals surface area contributed by atoms with Crippen LogP contribution in [0.1, 0.15) is 42.4 Å². The lowest BCUT2D eigenvalue weighted by Gasteiger charge is -2.32. The van der Waals surface area contributed by atoms with Crippen LogP contribution in [0.5, 0.6) is 0 Å². The number of nitrogens with zero attached hydrogens (tertiary/aromatic N) is 3. The Morgan fingerprint density at radius 3 is 2.67 bits per heavy atom. The van der Waals surface area contributed by atoms with E-state index >= 15 is 0 Å². The van der Waals surface area contributed by atoms with Crippen molar-refractivity contribution in [3.63, 3.8) is 0 Å². The minimum absolute atomic E-state index is 0.0351. The molecule has 0 unspecified atom stereocenters. The lowest BCUT2D eigenvalue weighted by Crippen LogP contribution is -2.41. The van der Waals surface area contributed by atoms with Crippen LogP contribution in [0.15, 0.2) is 39.8 Å². The average Bonchev–Trinajstić information content (AvgIpc) is 3.23. The molecule has 1 fully saturated rings. The van der Waals surface area contributed by atoms with Crippen molar-refractivity contribution >= 4 is 27.7 Å². The van der Waals surface area contributed by atoms with Crippen molar-refractivity contribution in [3.05, 3.63) is 42.0 Å². The van der Waals surface area contributed by atoms with Gasteiger partial charge in [0.25, 0.3) is 11.8 Å². The molecule has 0 radical (unpaired) electrons. The van der Waals surface area contributed by atoms with Crippen LogP contribution in [-0.2, 0) is 19.5 Å². The first-order valence-corrected chi connectivity index (χ1v) is 11.1. The van der Waals surface area contributed by atoms with Crippen molar-refractivity contribution in [1.82, 2.24) is 14.5 Å². The highest BCUT2D eigenvalue weighted by molar-refractivity contribution is 7.89. The van der Waals surface area contributed by atoms with Crippen LogP contribution in [0, 0.1) is 0 Å². The second-order valence-electron chi connectivity index (χ2n) is 7.05. The predicted octanol–water partition coefficient (Wildman–Crippen LogP) is 2.23. The first-order chi connectivity index (χ1) is 14.4. The Balaban J connectivity index is 1.44. The van der Waals surface area contributed by atoms with E-state index < -0.39 is 15.9 Å². The van der Waals surface area contributed by atoms with E-state index in [1.54, 1.807) is 0 Å². The van der Waals surface area contributed by atoms with E-state index in [9.17, 15) is 13.2 Å². The molecular formula is C19H22N4O6S. The van der Waals surface area contributed by atoms with Crippen LogP contribution in [0.4, 0.5) is 6.01 Å². The Labute approximate surface area is 173 Å². The van der Waals surface area contributed by atoms with Gasteiger partial charge in [0, 0.05) is 18.2 Å². The highest BCUT2D eigenvalue weighted by Crippen LogP contribution is 2.25. The number of aromatic nitrogens is 2. The fraction of sp³-hybridized carbons (Fsp3) is 0.421. The minimum Gasteiger partial charge on any atom is -0.494 e. The standard InChI is InChI=1S/C19H22N4O6S/c1-13-4-2-3-9-23(13)30(25,26)15-7-5-14(6-8-15)17(24)20-19-22-21-18(29-19)16-12-27-10-11-28-16/h5-8,12-13H,2-4,9-11H2,1H3,(H,20,22,24)/t13-/m1/s1. The van der Waals surface area contributed by atoms with Gasteiger partial charge >= 0.3 is 6.01 Å². The maximum atomic E-state index is 12.9. The smallest absolute Gasteiger partial charge is 0.322 e. The normalized spacial score (nSPS) is 20.0. The fourth-order valence-electron chi connectivity index (χ4n) is 3.37. The summed E-state index contributed by atoms with van der Waals surface area (Å²) in [6.07, 6.45) is 4.09. The number of hydrogen-bond acceptors (Lipinski definition) is 8. The predicted molar refractivity (Wildman–Crippen MR) is 106 cm³/mol. The summed E-state index contributed by atoms with van der Waals surface area (Å²) in [5.41, 5.74) is 0.261. The molecule has 1 aromatic heterocycles. The average molecular weight is 434 g/mol. The second kappa shape index (κ2) is 8.44. The monoisotopic (exact) mass is 434 g/mol. The zero-order valence-electron chi connectivity index (χ0n) is 16.4. The van der Waals surface area contributed by atoms with Gasteiger partial charge in [0.05, 0.1) is 4.90 Å². The Morgan fingerprint density at radius 1 is 1.17 bits per heavy atom. The van der Waals surface area contributed by atoms with E-state index in [4.69, 9.17) is 13.9 Å². The van der Waals surface area contributed by atoms with Crippen LogP contribution in [0.3, 0.4) is 0 Å². The molecule has 1 amide bonds. The SMILES string of the molecule is C[C@@H]1CCCCN1S(=O)(=O)c1ccc(C(=O)Nc2nnc(C3=COCCO3)o2)cc1. The number of carbonyl (C=O) groups excluding carboxylic acids is 1. The van der Waals surface area contributed by atoms with Crippen LogP contribution in [0.2, 0.25) is 0 Å². The first kappa shape index (κ1) is 20.4. The molecule has 0 spiro atoms. The van der Waals surface area contributed by atoms with E-state index in [1.807, 2.05) is 6.92 Å². The number of ether oxygens (including phenoxy) is 2. The summed E-state index contributed by atoms with van der Waals surface area (Å²) in [5, 5.41) is 10.0. The number of anilines is 1. The molecule has 160 valence electrons. The third kappa shape index (κ3) is 4.17. The molecule has 2 aliphatic heterocycles. The number of hydrogen-bond donors (Lipinski definition) is 1. The minimum atomic E-state index is -3.59. The van der Waals surface area contributed by atoms with Crippen LogP contribution < -0.4 is 5.32 Å². The van der Waals surface area contributed by atoms with Gasteiger partial charge in [-0.3, -0.25) is 10.1 Å². The third-order valence-corrected chi connectivity index (χ3v) is 7.00. The molecule has 0 saturated carbocycles. The van der Waals surface area contributed by atoms with Crippen molar-refractivity contribution < 1.29 is 27.1 Å². The molecule has 2 aromatic rings. The summed E-state index contributed by atoms with van der Waals surface area (Å²) < 4.78 is 43.1. The molecule has 1 aromatic carbocycles. The quantitative estimate of drug-likeness (QED) is 0.760. The van der Waals surface area contributed by atoms with Gasteiger partial charge in [0.2, 0.25) is 15.8 Å². The summed E-state index contributed by atoms with van der Waals surface area (Å²) in [4.78, 5) is 12.6. The fourth-order valence-corrected chi connectivity index (χ4v) is 5.07. The summed E-state index contributed by atoms with van der Waals surface area (Å²) in [7, 11) is -3.59. The number of piperidine rings is 1. The largest absolute Gasteiger partial charge is 0.494 e. The Bertz CT molecular complexity index is 1050. The molecule has 30 heavy (non-hydrogen) atoms. The Morgan fingerprint density at radius 2 is 1.97 bits per heavy atom. The van der Waals surface area contributed by atoms with Gasteiger partial charge in [-0.05, 0) is 44.0 Å². The van der Waals surface area contributed by atoms with Crippen LogP contribution in [-0.4, -0.2) is 54.6 Å². The molecule has 0 bridgehead atoms. The van der Waals surface area contributed by atoms with Crippen molar-refractivity contribution in [3.8, 4) is 0 Å². The molecule has 3 heterocycles. The number of carbonyl (C=O) groups is 1. The number of nitrogens with one attached hydrogen (secondary N) is 1. The van der Waals surface area contributed by atoms with Crippen molar-refractivity contribution in [2.75, 3.05) is 25.1 Å². The second-order valence-corrected chi connectivity index (χ2v) is 8.94. The topological polar surface area (TPSA) is 124 Å². The summed E-state index contributed by atoms with van der Waals surface area (Å²) in [5.74, 6) is -0.131. The number of benzene rings is 1. The molecule has 1 saturated heterocycles. The summed E-state index contributed by atoms with van der Waals surface area (Å²) in [6, 6.07) is 5.63. The maximum Gasteiger partial charge on any atom is 0.322 e. The van der Waals surface area contributed by atoms with Crippen molar-refractivity contribution in [2.24, 2.45) is 0 Å². The van der Waals surface area contributed by atoms with E-state index in [0.717, 1.165) is 19.3 Å². The highest BCUT2D eigenvalue weighted by atomic mass is 32.2. The van der Waals surface area contributed by atoms with Gasteiger partial charge in [0.1, 0.15) is 19.5 Å². The van der Waals surface area contributed by atoms with Crippen molar-refractivity contribution in [1.29, 1.82) is 0 Å². The summed E-state index contributed by atoms with van der Waals surface area (Å²) in [6.45, 7) is 3.22. The third-order valence-electron chi connectivity index (χ3n) is 4.97. The number of rotatable bonds is 5. The van der Waals surface area contributed by atoms with Gasteiger partial charge in [-0.1, -0.05) is 11.5 Å². The Hall–Kier alpha value is -2.92. The van der Waals surface area contributed by atoms with Crippen molar-refractivity contribution in [2.45, 2.75) is 37.1 Å². The van der Waals surface area contributed by atoms with Gasteiger partial charge in [-0.2, -0.15) is 4.31 Å². The number of amides is 1. The molecule has 1 atom stereocenters. The van der Waals surface area contributed by atoms with Gasteiger partial charge in [-0.15, -0.1) is 5.10 Å². The molecule has 0 aliphatic carbocycles. The highest BCUT2D eigenvalue weighted by Gasteiger charge is 2.31. The van der Waals surface area contributed by atoms with E-state index in [-0.39, 0.29) is 34.2 Å². The molecule has 10 nitrogen and oxygen atoms in total. The van der Waals surface area contributed by atoms with E-state index in [2.05, 4.69) is 15.5 Å². The molecular weight excluding hydrogens is 412 g/mol. The van der Waals surface area contributed by atoms with E-state index in [1.165, 1.54) is 34.8 Å². The lowest BCUT2D eigenvalue weighted by atomic mass is 10.1. The Kier molecular flexibility index (Phi) is 5.73. The molecule has 11 heteroatoms. The maximum absolute atomic E-state index is 12.9.